The van der Waals surface area contributed by atoms with Crippen LogP contribution >= 0.6 is 0 Å². The lowest BCUT2D eigenvalue weighted by Crippen LogP contribution is -2.39. The van der Waals surface area contributed by atoms with Gasteiger partial charge in [0, 0.05) is 18.3 Å². The topological polar surface area (TPSA) is 64.8 Å². The lowest BCUT2D eigenvalue weighted by Gasteiger charge is -2.31. The van der Waals surface area contributed by atoms with Gasteiger partial charge in [0.2, 0.25) is 0 Å². The molecule has 2 aromatic carbocycles. The molecule has 3 rings (SSSR count). The summed E-state index contributed by atoms with van der Waals surface area (Å²) < 4.78 is 11.1. The van der Waals surface area contributed by atoms with Gasteiger partial charge in [-0.1, -0.05) is 26.0 Å². The molecule has 0 bridgehead atoms. The molecule has 5 heteroatoms. The zero-order valence-electron chi connectivity index (χ0n) is 14.7. The highest BCUT2D eigenvalue weighted by molar-refractivity contribution is 6.10. The smallest absolute Gasteiger partial charge is 0.294 e. The third-order valence-electron chi connectivity index (χ3n) is 3.89. The number of benzene rings is 2. The van der Waals surface area contributed by atoms with Crippen LogP contribution in [-0.2, 0) is 4.79 Å². The van der Waals surface area contributed by atoms with E-state index in [9.17, 15) is 4.79 Å². The van der Waals surface area contributed by atoms with E-state index < -0.39 is 0 Å². The first-order valence-corrected chi connectivity index (χ1v) is 8.23. The quantitative estimate of drug-likeness (QED) is 0.682. The Morgan fingerprint density at radius 2 is 2.04 bits per heavy atom. The molecular weight excluding hydrogens is 316 g/mol. The number of fused-ring (bicyclic) bond motifs is 1. The minimum Gasteiger partial charge on any atom is -0.497 e. The largest absolute Gasteiger partial charge is 0.497 e. The second-order valence-corrected chi connectivity index (χ2v) is 6.42. The van der Waals surface area contributed by atoms with Crippen molar-refractivity contribution in [3.63, 3.8) is 0 Å². The van der Waals surface area contributed by atoms with E-state index in [4.69, 9.17) is 15.2 Å². The molecule has 2 N–H and O–H groups in total. The van der Waals surface area contributed by atoms with Crippen molar-refractivity contribution in [2.24, 2.45) is 5.92 Å². The minimum atomic E-state index is -0.159. The molecule has 25 heavy (non-hydrogen) atoms. The predicted molar refractivity (Wildman–Crippen MR) is 99.6 cm³/mol. The van der Waals surface area contributed by atoms with Gasteiger partial charge in [0.1, 0.15) is 5.75 Å². The van der Waals surface area contributed by atoms with Crippen LogP contribution in [-0.4, -0.2) is 19.6 Å². The van der Waals surface area contributed by atoms with E-state index in [0.29, 0.717) is 23.9 Å². The zero-order chi connectivity index (χ0) is 18.0. The highest BCUT2D eigenvalue weighted by Gasteiger charge is 2.30. The Hall–Kier alpha value is -2.95. The van der Waals surface area contributed by atoms with Crippen LogP contribution in [0.1, 0.15) is 19.4 Å². The van der Waals surface area contributed by atoms with Gasteiger partial charge in [0.05, 0.1) is 12.8 Å². The number of nitrogens with two attached hydrogens (primary N) is 1. The Kier molecular flexibility index (Phi) is 4.65. The van der Waals surface area contributed by atoms with Crippen molar-refractivity contribution >= 4 is 23.4 Å². The lowest BCUT2D eigenvalue weighted by atomic mass is 10.1. The van der Waals surface area contributed by atoms with E-state index in [-0.39, 0.29) is 11.7 Å². The molecule has 130 valence electrons. The summed E-state index contributed by atoms with van der Waals surface area (Å²) in [7, 11) is 1.61. The first-order chi connectivity index (χ1) is 12.0. The van der Waals surface area contributed by atoms with Gasteiger partial charge in [-0.25, -0.2) is 0 Å². The Morgan fingerprint density at radius 1 is 1.24 bits per heavy atom. The summed E-state index contributed by atoms with van der Waals surface area (Å²) >= 11 is 0. The average molecular weight is 338 g/mol. The van der Waals surface area contributed by atoms with Crippen molar-refractivity contribution in [3.05, 3.63) is 53.8 Å². The second kappa shape index (κ2) is 6.89. The van der Waals surface area contributed by atoms with Crippen LogP contribution in [0.15, 0.2) is 48.2 Å². The lowest BCUT2D eigenvalue weighted by molar-refractivity contribution is -0.117. The molecule has 0 radical (unpaired) electrons. The predicted octanol–water partition coefficient (Wildman–Crippen LogP) is 3.70. The third kappa shape index (κ3) is 3.60. The average Bonchev–Trinajstić information content (AvgIpc) is 2.58. The highest BCUT2D eigenvalue weighted by Crippen LogP contribution is 2.37. The molecule has 0 aromatic heterocycles. The van der Waals surface area contributed by atoms with Crippen LogP contribution < -0.4 is 20.1 Å². The van der Waals surface area contributed by atoms with Gasteiger partial charge in [0.25, 0.3) is 5.91 Å². The van der Waals surface area contributed by atoms with E-state index in [0.717, 1.165) is 17.0 Å². The van der Waals surface area contributed by atoms with Crippen molar-refractivity contribution in [1.82, 2.24) is 0 Å². The SMILES string of the molecule is COc1cccc(/C=C2/Oc3cc(N)ccc3N(CC(C)C)C2=O)c1. The molecule has 0 atom stereocenters. The Balaban J connectivity index is 2.03. The van der Waals surface area contributed by atoms with Gasteiger partial charge >= 0.3 is 0 Å². The maximum Gasteiger partial charge on any atom is 0.294 e. The molecule has 1 aliphatic heterocycles. The monoisotopic (exact) mass is 338 g/mol. The second-order valence-electron chi connectivity index (χ2n) is 6.42. The van der Waals surface area contributed by atoms with Crippen molar-refractivity contribution in [3.8, 4) is 11.5 Å². The van der Waals surface area contributed by atoms with Crippen LogP contribution in [0, 0.1) is 5.92 Å². The van der Waals surface area contributed by atoms with Gasteiger partial charge in [-0.15, -0.1) is 0 Å². The van der Waals surface area contributed by atoms with E-state index >= 15 is 0 Å². The van der Waals surface area contributed by atoms with Gasteiger partial charge in [-0.05, 0) is 41.8 Å². The number of carbonyl (C=O) groups excluding carboxylic acids is 1. The van der Waals surface area contributed by atoms with Crippen molar-refractivity contribution in [2.45, 2.75) is 13.8 Å². The summed E-state index contributed by atoms with van der Waals surface area (Å²) in [6, 6.07) is 12.8. The number of ether oxygens (including phenoxy) is 2. The number of anilines is 2. The van der Waals surface area contributed by atoms with Gasteiger partial charge in [0.15, 0.2) is 11.5 Å². The fourth-order valence-corrected chi connectivity index (χ4v) is 2.76. The van der Waals surface area contributed by atoms with E-state index in [1.54, 1.807) is 30.2 Å². The van der Waals surface area contributed by atoms with E-state index in [1.807, 2.05) is 30.3 Å². The van der Waals surface area contributed by atoms with Crippen molar-refractivity contribution in [1.29, 1.82) is 0 Å². The van der Waals surface area contributed by atoms with Gasteiger partial charge in [-0.3, -0.25) is 4.79 Å². The molecule has 0 spiro atoms. The van der Waals surface area contributed by atoms with E-state index in [1.165, 1.54) is 0 Å². The van der Waals surface area contributed by atoms with Crippen LogP contribution in [0.4, 0.5) is 11.4 Å². The Morgan fingerprint density at radius 3 is 2.76 bits per heavy atom. The fourth-order valence-electron chi connectivity index (χ4n) is 2.76. The first-order valence-electron chi connectivity index (χ1n) is 8.23. The number of carbonyl (C=O) groups is 1. The normalized spacial score (nSPS) is 15.3. The molecule has 0 aliphatic carbocycles. The standard InChI is InChI=1S/C20H22N2O3/c1-13(2)12-22-17-8-7-15(21)11-18(17)25-19(20(22)23)10-14-5-4-6-16(9-14)24-3/h4-11,13H,12,21H2,1-3H3/b19-10+. The molecule has 1 heterocycles. The number of hydrogen-bond acceptors (Lipinski definition) is 4. The Labute approximate surface area is 147 Å². The molecule has 2 aromatic rings. The minimum absolute atomic E-state index is 0.159. The van der Waals surface area contributed by atoms with E-state index in [2.05, 4.69) is 13.8 Å². The number of methoxy groups -OCH3 is 1. The number of nitrogens with zero attached hydrogens (tertiary/aromatic N) is 1. The zero-order valence-corrected chi connectivity index (χ0v) is 14.7. The summed E-state index contributed by atoms with van der Waals surface area (Å²) in [5, 5.41) is 0. The maximum atomic E-state index is 12.9. The fraction of sp³-hybridized carbons (Fsp3) is 0.250. The van der Waals surface area contributed by atoms with Crippen molar-refractivity contribution < 1.29 is 14.3 Å². The summed E-state index contributed by atoms with van der Waals surface area (Å²) in [6.07, 6.45) is 1.73. The summed E-state index contributed by atoms with van der Waals surface area (Å²) in [4.78, 5) is 14.7. The van der Waals surface area contributed by atoms with Crippen LogP contribution in [0.2, 0.25) is 0 Å². The summed E-state index contributed by atoms with van der Waals surface area (Å²) in [5.41, 5.74) is 8.05. The molecule has 0 saturated carbocycles. The van der Waals surface area contributed by atoms with Crippen molar-refractivity contribution in [2.75, 3.05) is 24.3 Å². The first kappa shape index (κ1) is 16.9. The molecule has 0 unspecified atom stereocenters. The molecule has 5 nitrogen and oxygen atoms in total. The third-order valence-corrected chi connectivity index (χ3v) is 3.89. The molecule has 1 aliphatic rings. The number of hydrogen-bond donors (Lipinski definition) is 1. The number of nitrogen functional groups attached to an aromatic ring is 1. The summed E-state index contributed by atoms with van der Waals surface area (Å²) in [5.74, 6) is 1.75. The van der Waals surface area contributed by atoms with Gasteiger partial charge in [-0.2, -0.15) is 0 Å². The van der Waals surface area contributed by atoms with Gasteiger partial charge < -0.3 is 20.1 Å². The Bertz CT molecular complexity index is 827. The summed E-state index contributed by atoms with van der Waals surface area (Å²) in [6.45, 7) is 4.75. The molecule has 1 amide bonds. The highest BCUT2D eigenvalue weighted by atomic mass is 16.5. The van der Waals surface area contributed by atoms with Crippen LogP contribution in [0.3, 0.4) is 0 Å². The number of rotatable bonds is 4. The molecule has 0 saturated heterocycles. The van der Waals surface area contributed by atoms with Crippen LogP contribution in [0.5, 0.6) is 11.5 Å². The number of amides is 1. The maximum absolute atomic E-state index is 12.9. The van der Waals surface area contributed by atoms with Crippen LogP contribution in [0.25, 0.3) is 6.08 Å². The molecular formula is C20H22N2O3. The molecule has 0 fully saturated rings.